The Hall–Kier alpha value is -3.57. The van der Waals surface area contributed by atoms with Crippen LogP contribution in [0.2, 0.25) is 5.02 Å². The van der Waals surface area contributed by atoms with Crippen LogP contribution in [0.4, 0.5) is 5.69 Å². The fourth-order valence-corrected chi connectivity index (χ4v) is 4.46. The van der Waals surface area contributed by atoms with Crippen molar-refractivity contribution in [3.63, 3.8) is 0 Å². The summed E-state index contributed by atoms with van der Waals surface area (Å²) < 4.78 is 7.13. The Balaban J connectivity index is 1.85. The van der Waals surface area contributed by atoms with Crippen LogP contribution in [0.3, 0.4) is 0 Å². The second-order valence-electron chi connectivity index (χ2n) is 8.13. The van der Waals surface area contributed by atoms with E-state index >= 15 is 0 Å². The van der Waals surface area contributed by atoms with Crippen molar-refractivity contribution in [2.75, 3.05) is 12.0 Å². The molecule has 3 aromatic rings. The number of benzene rings is 2. The third-order valence-corrected chi connectivity index (χ3v) is 6.16. The minimum atomic E-state index is -0.534. The lowest BCUT2D eigenvalue weighted by Crippen LogP contribution is -2.24. The van der Waals surface area contributed by atoms with Gasteiger partial charge < -0.3 is 9.30 Å². The topological polar surface area (TPSA) is 51.5 Å². The van der Waals surface area contributed by atoms with Crippen molar-refractivity contribution in [3.05, 3.63) is 99.0 Å². The van der Waals surface area contributed by atoms with Gasteiger partial charge in [-0.25, -0.2) is 4.79 Å². The van der Waals surface area contributed by atoms with Crippen LogP contribution in [0.15, 0.2) is 71.4 Å². The molecular formula is C27H25ClN2O3. The van der Waals surface area contributed by atoms with Crippen LogP contribution >= 0.6 is 11.6 Å². The average Bonchev–Trinajstić information content (AvgIpc) is 3.20. The first-order valence-electron chi connectivity index (χ1n) is 10.6. The normalized spacial score (nSPS) is 15.0. The molecule has 0 unspecified atom stereocenters. The molecule has 0 fully saturated rings. The second-order valence-corrected chi connectivity index (χ2v) is 8.56. The van der Waals surface area contributed by atoms with Gasteiger partial charge in [0.15, 0.2) is 0 Å². The predicted octanol–water partition coefficient (Wildman–Crippen LogP) is 5.93. The molecule has 1 aliphatic heterocycles. The van der Waals surface area contributed by atoms with Crippen molar-refractivity contribution >= 4 is 35.2 Å². The molecule has 1 amide bonds. The summed E-state index contributed by atoms with van der Waals surface area (Å²) in [4.78, 5) is 27.8. The molecule has 4 rings (SSSR count). The van der Waals surface area contributed by atoms with Gasteiger partial charge in [-0.3, -0.25) is 9.69 Å². The van der Waals surface area contributed by atoms with Crippen molar-refractivity contribution in [1.29, 1.82) is 0 Å². The molecule has 0 N–H and O–H groups in total. The van der Waals surface area contributed by atoms with Crippen LogP contribution in [-0.4, -0.2) is 23.6 Å². The number of hydrogen-bond acceptors (Lipinski definition) is 3. The number of esters is 1. The highest BCUT2D eigenvalue weighted by Crippen LogP contribution is 2.36. The van der Waals surface area contributed by atoms with E-state index in [0.717, 1.165) is 28.2 Å². The molecule has 0 spiro atoms. The van der Waals surface area contributed by atoms with Crippen LogP contribution in [0.25, 0.3) is 11.8 Å². The van der Waals surface area contributed by atoms with Gasteiger partial charge in [0.25, 0.3) is 5.91 Å². The highest BCUT2D eigenvalue weighted by Gasteiger charge is 2.38. The molecule has 0 bridgehead atoms. The van der Waals surface area contributed by atoms with Crippen molar-refractivity contribution in [1.82, 2.24) is 4.57 Å². The van der Waals surface area contributed by atoms with Crippen LogP contribution < -0.4 is 4.90 Å². The first-order chi connectivity index (χ1) is 15.7. The third kappa shape index (κ3) is 4.00. The average molecular weight is 461 g/mol. The summed E-state index contributed by atoms with van der Waals surface area (Å²) in [6.07, 6.45) is 1.78. The number of hydrogen-bond donors (Lipinski definition) is 0. The van der Waals surface area contributed by atoms with Gasteiger partial charge in [0.05, 0.1) is 18.3 Å². The summed E-state index contributed by atoms with van der Waals surface area (Å²) in [5, 5.41) is 0.666. The molecule has 0 aliphatic carbocycles. The first kappa shape index (κ1) is 22.6. The van der Waals surface area contributed by atoms with Gasteiger partial charge in [0, 0.05) is 33.5 Å². The smallest absolute Gasteiger partial charge is 0.340 e. The Morgan fingerprint density at radius 3 is 2.30 bits per heavy atom. The van der Waals surface area contributed by atoms with E-state index in [9.17, 15) is 9.59 Å². The maximum atomic E-state index is 13.6. The molecule has 6 heteroatoms. The highest BCUT2D eigenvalue weighted by molar-refractivity contribution is 6.30. The number of methoxy groups -OCH3 is 1. The number of aromatic nitrogens is 1. The number of ether oxygens (including phenoxy) is 1. The second kappa shape index (κ2) is 8.75. The molecule has 0 saturated heterocycles. The van der Waals surface area contributed by atoms with E-state index in [4.69, 9.17) is 16.3 Å². The third-order valence-electron chi connectivity index (χ3n) is 5.90. The van der Waals surface area contributed by atoms with E-state index in [2.05, 4.69) is 4.57 Å². The number of anilines is 1. The van der Waals surface area contributed by atoms with Gasteiger partial charge in [0.1, 0.15) is 0 Å². The minimum Gasteiger partial charge on any atom is -0.465 e. The zero-order valence-electron chi connectivity index (χ0n) is 19.3. The fraction of sp³-hybridized carbons (Fsp3) is 0.185. The summed E-state index contributed by atoms with van der Waals surface area (Å²) in [5.74, 6) is -0.788. The largest absolute Gasteiger partial charge is 0.465 e. The van der Waals surface area contributed by atoms with Crippen LogP contribution in [0.5, 0.6) is 0 Å². The van der Waals surface area contributed by atoms with E-state index in [1.165, 1.54) is 7.11 Å². The summed E-state index contributed by atoms with van der Waals surface area (Å²) in [6, 6.07) is 17.2. The number of carbonyl (C=O) groups is 2. The molecule has 1 aromatic heterocycles. The lowest BCUT2D eigenvalue weighted by molar-refractivity contribution is -0.136. The number of nitrogens with zero attached hydrogens (tertiary/aromatic N) is 2. The fourth-order valence-electron chi connectivity index (χ4n) is 4.33. The zero-order chi connectivity index (χ0) is 23.9. The lowest BCUT2D eigenvalue weighted by atomic mass is 10.0. The summed E-state index contributed by atoms with van der Waals surface area (Å²) >= 11 is 6.05. The molecular weight excluding hydrogens is 436 g/mol. The molecule has 0 saturated carbocycles. The number of carbonyl (C=O) groups excluding carboxylic acids is 2. The number of halogens is 1. The molecule has 2 heterocycles. The SMILES string of the molecule is COC(=O)C1=C(C)N(c2cccc(C)c2)C(=O)/C1=C\c1cc(C)n(-c2ccc(Cl)cc2)c1C. The van der Waals surface area contributed by atoms with Gasteiger partial charge in [-0.2, -0.15) is 0 Å². The Kier molecular flexibility index (Phi) is 6.00. The van der Waals surface area contributed by atoms with Gasteiger partial charge in [-0.05, 0) is 87.4 Å². The molecule has 1 aliphatic rings. The number of allylic oxidation sites excluding steroid dienone is 1. The van der Waals surface area contributed by atoms with Gasteiger partial charge in [-0.15, -0.1) is 0 Å². The Morgan fingerprint density at radius 1 is 0.970 bits per heavy atom. The number of amides is 1. The molecule has 168 valence electrons. The maximum absolute atomic E-state index is 13.6. The quantitative estimate of drug-likeness (QED) is 0.358. The molecule has 33 heavy (non-hydrogen) atoms. The molecule has 2 aromatic carbocycles. The maximum Gasteiger partial charge on any atom is 0.340 e. The Bertz CT molecular complexity index is 1330. The van der Waals surface area contributed by atoms with E-state index in [1.54, 1.807) is 17.9 Å². The number of rotatable bonds is 4. The van der Waals surface area contributed by atoms with Crippen molar-refractivity contribution in [3.8, 4) is 5.69 Å². The molecule has 0 atom stereocenters. The van der Waals surface area contributed by atoms with E-state index in [-0.39, 0.29) is 11.5 Å². The van der Waals surface area contributed by atoms with Gasteiger partial charge >= 0.3 is 5.97 Å². The van der Waals surface area contributed by atoms with Crippen LogP contribution in [0.1, 0.15) is 29.4 Å². The van der Waals surface area contributed by atoms with Crippen LogP contribution in [0, 0.1) is 20.8 Å². The van der Waals surface area contributed by atoms with Crippen LogP contribution in [-0.2, 0) is 14.3 Å². The van der Waals surface area contributed by atoms with E-state index < -0.39 is 5.97 Å². The summed E-state index contributed by atoms with van der Waals surface area (Å²) in [7, 11) is 1.33. The monoisotopic (exact) mass is 460 g/mol. The minimum absolute atomic E-state index is 0.255. The van der Waals surface area contributed by atoms with Crippen molar-refractivity contribution in [2.24, 2.45) is 0 Å². The lowest BCUT2D eigenvalue weighted by Gasteiger charge is -2.18. The van der Waals surface area contributed by atoms with E-state index in [0.29, 0.717) is 22.0 Å². The Morgan fingerprint density at radius 2 is 1.67 bits per heavy atom. The zero-order valence-corrected chi connectivity index (χ0v) is 20.0. The molecule has 0 radical (unpaired) electrons. The summed E-state index contributed by atoms with van der Waals surface area (Å²) in [6.45, 7) is 7.72. The van der Waals surface area contributed by atoms with Gasteiger partial charge in [-0.1, -0.05) is 23.7 Å². The van der Waals surface area contributed by atoms with Gasteiger partial charge in [0.2, 0.25) is 0 Å². The Labute approximate surface area is 198 Å². The van der Waals surface area contributed by atoms with Crippen molar-refractivity contribution in [2.45, 2.75) is 27.7 Å². The standard InChI is InChI=1S/C27H25ClN2O3/c1-16-7-6-8-23(13-16)30-19(4)25(27(32)33-5)24(26(30)31)15-20-14-17(2)29(18(20)3)22-11-9-21(28)10-12-22/h6-15H,1-5H3/b24-15-. The van der Waals surface area contributed by atoms with Crippen molar-refractivity contribution < 1.29 is 14.3 Å². The summed E-state index contributed by atoms with van der Waals surface area (Å²) in [5.41, 5.74) is 6.66. The first-order valence-corrected chi connectivity index (χ1v) is 11.0. The highest BCUT2D eigenvalue weighted by atomic mass is 35.5. The predicted molar refractivity (Wildman–Crippen MR) is 132 cm³/mol. The molecule has 5 nitrogen and oxygen atoms in total. The number of aryl methyl sites for hydroxylation is 2. The van der Waals surface area contributed by atoms with E-state index in [1.807, 2.05) is 75.4 Å².